The lowest BCUT2D eigenvalue weighted by atomic mass is 10.00. The fourth-order valence-corrected chi connectivity index (χ4v) is 2.82. The Morgan fingerprint density at radius 3 is 2.38 bits per heavy atom. The second-order valence-corrected chi connectivity index (χ2v) is 6.05. The zero-order valence-electron chi connectivity index (χ0n) is 15.3. The zero-order valence-corrected chi connectivity index (χ0v) is 15.3. The number of rotatable bonds is 7. The Balaban J connectivity index is 2.36. The highest BCUT2D eigenvalue weighted by molar-refractivity contribution is 5.96. The van der Waals surface area contributed by atoms with E-state index in [-0.39, 0.29) is 12.3 Å². The number of aryl methyl sites for hydroxylation is 2. The smallest absolute Gasteiger partial charge is 0.305 e. The number of carbonyl (C=O) groups excluding carboxylic acids is 1. The number of carboxylic acids is 1. The van der Waals surface area contributed by atoms with Gasteiger partial charge in [-0.1, -0.05) is 17.7 Å². The first-order chi connectivity index (χ1) is 12.3. The van der Waals surface area contributed by atoms with Crippen LogP contribution in [0.1, 0.15) is 39.5 Å². The van der Waals surface area contributed by atoms with Crippen molar-refractivity contribution in [2.75, 3.05) is 14.2 Å². The molecule has 1 amide bonds. The Labute approximate surface area is 152 Å². The number of aliphatic carboxylic acids is 1. The van der Waals surface area contributed by atoms with Crippen molar-refractivity contribution in [1.82, 2.24) is 5.32 Å². The maximum atomic E-state index is 12.7. The largest absolute Gasteiger partial charge is 0.497 e. The third-order valence-electron chi connectivity index (χ3n) is 4.13. The predicted octanol–water partition coefficient (Wildman–Crippen LogP) is 3.27. The van der Waals surface area contributed by atoms with E-state index in [0.29, 0.717) is 22.6 Å². The predicted molar refractivity (Wildman–Crippen MR) is 97.9 cm³/mol. The zero-order chi connectivity index (χ0) is 19.3. The highest BCUT2D eigenvalue weighted by Gasteiger charge is 2.23. The molecule has 0 heterocycles. The second kappa shape index (κ2) is 8.38. The van der Waals surface area contributed by atoms with E-state index in [9.17, 15) is 14.7 Å². The van der Waals surface area contributed by atoms with E-state index >= 15 is 0 Å². The monoisotopic (exact) mass is 357 g/mol. The molecule has 2 aromatic carbocycles. The molecule has 0 saturated carbocycles. The van der Waals surface area contributed by atoms with Crippen molar-refractivity contribution < 1.29 is 24.2 Å². The van der Waals surface area contributed by atoms with Gasteiger partial charge in [-0.15, -0.1) is 0 Å². The van der Waals surface area contributed by atoms with Gasteiger partial charge in [0.25, 0.3) is 5.91 Å². The summed E-state index contributed by atoms with van der Waals surface area (Å²) in [5.74, 6) is -0.308. The molecule has 6 nitrogen and oxygen atoms in total. The van der Waals surface area contributed by atoms with Crippen LogP contribution >= 0.6 is 0 Å². The number of amides is 1. The molecule has 2 aromatic rings. The van der Waals surface area contributed by atoms with Crippen molar-refractivity contribution in [2.24, 2.45) is 0 Å². The van der Waals surface area contributed by atoms with Gasteiger partial charge >= 0.3 is 5.97 Å². The van der Waals surface area contributed by atoms with E-state index in [2.05, 4.69) is 5.32 Å². The molecule has 0 radical (unpaired) electrons. The quantitative estimate of drug-likeness (QED) is 0.794. The fourth-order valence-electron chi connectivity index (χ4n) is 2.82. The van der Waals surface area contributed by atoms with Crippen LogP contribution in [0.25, 0.3) is 0 Å². The molecule has 0 aliphatic heterocycles. The van der Waals surface area contributed by atoms with Crippen molar-refractivity contribution >= 4 is 11.9 Å². The van der Waals surface area contributed by atoms with Crippen molar-refractivity contribution in [3.05, 3.63) is 58.7 Å². The van der Waals surface area contributed by atoms with Crippen LogP contribution in [-0.2, 0) is 4.79 Å². The molecule has 1 unspecified atom stereocenters. The minimum atomic E-state index is -1.02. The Hall–Kier alpha value is -3.02. The lowest BCUT2D eigenvalue weighted by molar-refractivity contribution is -0.137. The molecular weight excluding hydrogens is 334 g/mol. The number of benzene rings is 2. The molecule has 138 valence electrons. The summed E-state index contributed by atoms with van der Waals surface area (Å²) < 4.78 is 10.5. The Morgan fingerprint density at radius 1 is 1.08 bits per heavy atom. The number of ether oxygens (including phenoxy) is 2. The van der Waals surface area contributed by atoms with E-state index in [1.165, 1.54) is 14.2 Å². The Bertz CT molecular complexity index is 816. The number of hydrogen-bond acceptors (Lipinski definition) is 4. The number of carbonyl (C=O) groups is 2. The normalized spacial score (nSPS) is 11.5. The molecule has 0 aromatic heterocycles. The van der Waals surface area contributed by atoms with Gasteiger partial charge in [0, 0.05) is 17.2 Å². The van der Waals surface area contributed by atoms with Crippen molar-refractivity contribution in [3.8, 4) is 11.5 Å². The molecule has 0 saturated heterocycles. The van der Waals surface area contributed by atoms with E-state index in [1.54, 1.807) is 24.3 Å². The highest BCUT2D eigenvalue weighted by atomic mass is 16.5. The second-order valence-electron chi connectivity index (χ2n) is 6.05. The van der Waals surface area contributed by atoms with Gasteiger partial charge in [-0.2, -0.15) is 0 Å². The van der Waals surface area contributed by atoms with Gasteiger partial charge in [-0.3, -0.25) is 9.59 Å². The summed E-state index contributed by atoms with van der Waals surface area (Å²) in [6.07, 6.45) is -0.265. The van der Waals surface area contributed by atoms with Gasteiger partial charge in [0.15, 0.2) is 0 Å². The van der Waals surface area contributed by atoms with Gasteiger partial charge in [0.1, 0.15) is 11.5 Å². The van der Waals surface area contributed by atoms with E-state index in [4.69, 9.17) is 9.47 Å². The summed E-state index contributed by atoms with van der Waals surface area (Å²) in [5, 5.41) is 12.1. The average molecular weight is 357 g/mol. The molecule has 0 bridgehead atoms. The molecule has 0 fully saturated rings. The van der Waals surface area contributed by atoms with Crippen LogP contribution < -0.4 is 14.8 Å². The minimum Gasteiger partial charge on any atom is -0.497 e. The topological polar surface area (TPSA) is 84.9 Å². The summed E-state index contributed by atoms with van der Waals surface area (Å²) in [6.45, 7) is 3.80. The summed E-state index contributed by atoms with van der Waals surface area (Å²) >= 11 is 0. The van der Waals surface area contributed by atoms with Crippen molar-refractivity contribution in [3.63, 3.8) is 0 Å². The first kappa shape index (κ1) is 19.3. The summed E-state index contributed by atoms with van der Waals surface area (Å²) in [5.41, 5.74) is 2.98. The van der Waals surface area contributed by atoms with Gasteiger partial charge in [0.05, 0.1) is 26.7 Å². The van der Waals surface area contributed by atoms with E-state index < -0.39 is 12.0 Å². The van der Waals surface area contributed by atoms with Gasteiger partial charge in [-0.05, 0) is 37.6 Å². The number of nitrogens with one attached hydrogen (secondary N) is 1. The number of carboxylic acid groups (broad SMARTS) is 1. The Kier molecular flexibility index (Phi) is 6.22. The molecule has 1 atom stereocenters. The molecule has 2 N–H and O–H groups in total. The summed E-state index contributed by atoms with van der Waals surface area (Å²) in [6, 6.07) is 9.83. The van der Waals surface area contributed by atoms with Crippen LogP contribution in [0.5, 0.6) is 11.5 Å². The van der Waals surface area contributed by atoms with E-state index in [0.717, 1.165) is 11.1 Å². The van der Waals surface area contributed by atoms with Crippen LogP contribution in [0.4, 0.5) is 0 Å². The van der Waals surface area contributed by atoms with Crippen molar-refractivity contribution in [2.45, 2.75) is 26.3 Å². The van der Waals surface area contributed by atoms with Gasteiger partial charge in [-0.25, -0.2) is 0 Å². The molecule has 0 aliphatic rings. The van der Waals surface area contributed by atoms with E-state index in [1.807, 2.05) is 26.0 Å². The number of hydrogen-bond donors (Lipinski definition) is 2. The first-order valence-corrected chi connectivity index (χ1v) is 8.17. The molecule has 6 heteroatoms. The summed E-state index contributed by atoms with van der Waals surface area (Å²) in [4.78, 5) is 24.0. The van der Waals surface area contributed by atoms with Crippen LogP contribution in [0.2, 0.25) is 0 Å². The van der Waals surface area contributed by atoms with Crippen LogP contribution in [0.15, 0.2) is 36.4 Å². The van der Waals surface area contributed by atoms with Crippen LogP contribution in [0, 0.1) is 13.8 Å². The maximum Gasteiger partial charge on any atom is 0.305 e. The van der Waals surface area contributed by atoms with Crippen LogP contribution in [-0.4, -0.2) is 31.2 Å². The molecular formula is C20H23NO5. The molecule has 0 spiro atoms. The third-order valence-corrected chi connectivity index (χ3v) is 4.13. The summed E-state index contributed by atoms with van der Waals surface area (Å²) in [7, 11) is 3.02. The fraction of sp³-hybridized carbons (Fsp3) is 0.300. The standard InChI is InChI=1S/C20H23NO5/c1-12-5-7-15(13(2)9-12)20(24)21-17(11-19(22)23)16-8-6-14(25-3)10-18(16)26-4/h5-10,17H,11H2,1-4H3,(H,21,24)(H,22,23). The van der Waals surface area contributed by atoms with Crippen LogP contribution in [0.3, 0.4) is 0 Å². The maximum absolute atomic E-state index is 12.7. The number of methoxy groups -OCH3 is 2. The lowest BCUT2D eigenvalue weighted by Crippen LogP contribution is -2.31. The van der Waals surface area contributed by atoms with Crippen molar-refractivity contribution in [1.29, 1.82) is 0 Å². The SMILES string of the molecule is COc1ccc(C(CC(=O)O)NC(=O)c2ccc(C)cc2C)c(OC)c1. The Morgan fingerprint density at radius 2 is 1.81 bits per heavy atom. The average Bonchev–Trinajstić information content (AvgIpc) is 2.60. The third kappa shape index (κ3) is 4.53. The molecule has 0 aliphatic carbocycles. The molecule has 26 heavy (non-hydrogen) atoms. The molecule has 2 rings (SSSR count). The van der Waals surface area contributed by atoms with Gasteiger partial charge in [0.2, 0.25) is 0 Å². The highest BCUT2D eigenvalue weighted by Crippen LogP contribution is 2.31. The first-order valence-electron chi connectivity index (χ1n) is 8.17. The lowest BCUT2D eigenvalue weighted by Gasteiger charge is -2.21. The van der Waals surface area contributed by atoms with Gasteiger partial charge < -0.3 is 19.9 Å². The minimum absolute atomic E-state index is 0.265.